The maximum atomic E-state index is 13.5. The van der Waals surface area contributed by atoms with Crippen molar-refractivity contribution < 1.29 is 17.0 Å². The summed E-state index contributed by atoms with van der Waals surface area (Å²) in [6.07, 6.45) is 1.95. The largest absolute Gasteiger partial charge is 0.260 e. The molecule has 0 aliphatic heterocycles. The maximum absolute atomic E-state index is 13.5. The van der Waals surface area contributed by atoms with Gasteiger partial charge in [-0.1, -0.05) is 24.6 Å². The molecule has 0 bridgehead atoms. The van der Waals surface area contributed by atoms with Crippen LogP contribution in [0.1, 0.15) is 13.3 Å². The number of nitrogens with one attached hydrogen (secondary N) is 1. The average molecular weight is 328 g/mol. The second-order valence-corrected chi connectivity index (χ2v) is 7.96. The van der Waals surface area contributed by atoms with E-state index >= 15 is 0 Å². The van der Waals surface area contributed by atoms with Crippen molar-refractivity contribution in [1.29, 1.82) is 0 Å². The van der Waals surface area contributed by atoms with Gasteiger partial charge in [0.15, 0.2) is 0 Å². The third-order valence-electron chi connectivity index (χ3n) is 2.60. The van der Waals surface area contributed by atoms with Crippen molar-refractivity contribution in [2.24, 2.45) is 0 Å². The van der Waals surface area contributed by atoms with Gasteiger partial charge < -0.3 is 0 Å². The molecule has 0 amide bonds. The topological polar surface area (TPSA) is 63.2 Å². The SMILES string of the molecule is CC(CCNS(=O)(=O)c1c(F)cccc1Cl)S(C)=O. The normalized spacial score (nSPS) is 15.2. The molecule has 19 heavy (non-hydrogen) atoms. The van der Waals surface area contributed by atoms with Crippen LogP contribution in [0.15, 0.2) is 23.1 Å². The van der Waals surface area contributed by atoms with Gasteiger partial charge in [0, 0.05) is 28.9 Å². The molecule has 0 saturated heterocycles. The first-order chi connectivity index (χ1) is 8.75. The Morgan fingerprint density at radius 1 is 1.47 bits per heavy atom. The van der Waals surface area contributed by atoms with Crippen LogP contribution < -0.4 is 4.72 Å². The fourth-order valence-electron chi connectivity index (χ4n) is 1.37. The zero-order chi connectivity index (χ0) is 14.6. The van der Waals surface area contributed by atoms with E-state index < -0.39 is 31.5 Å². The lowest BCUT2D eigenvalue weighted by atomic mass is 10.3. The minimum absolute atomic E-state index is 0.0771. The van der Waals surface area contributed by atoms with E-state index in [0.717, 1.165) is 6.07 Å². The first kappa shape index (κ1) is 16.6. The Kier molecular flexibility index (Phi) is 5.91. The van der Waals surface area contributed by atoms with E-state index in [9.17, 15) is 17.0 Å². The van der Waals surface area contributed by atoms with Crippen molar-refractivity contribution in [2.45, 2.75) is 23.5 Å². The van der Waals surface area contributed by atoms with Crippen LogP contribution in [0.2, 0.25) is 5.02 Å². The van der Waals surface area contributed by atoms with Crippen LogP contribution in [0.5, 0.6) is 0 Å². The minimum Gasteiger partial charge on any atom is -0.260 e. The van der Waals surface area contributed by atoms with E-state index in [2.05, 4.69) is 4.72 Å². The van der Waals surface area contributed by atoms with Crippen molar-refractivity contribution in [1.82, 2.24) is 4.72 Å². The maximum Gasteiger partial charge on any atom is 0.244 e. The number of hydrogen-bond donors (Lipinski definition) is 1. The van der Waals surface area contributed by atoms with E-state index in [-0.39, 0.29) is 16.8 Å². The van der Waals surface area contributed by atoms with E-state index in [0.29, 0.717) is 6.42 Å². The minimum atomic E-state index is -4.00. The molecule has 8 heteroatoms. The standard InChI is InChI=1S/C11H15ClFNO3S2/c1-8(18(2)15)6-7-14-19(16,17)11-9(12)4-3-5-10(11)13/h3-5,8,14H,6-7H2,1-2H3. The van der Waals surface area contributed by atoms with Crippen LogP contribution in [0.4, 0.5) is 4.39 Å². The Bertz CT molecular complexity index is 557. The molecule has 2 atom stereocenters. The van der Waals surface area contributed by atoms with Crippen molar-refractivity contribution >= 4 is 32.4 Å². The summed E-state index contributed by atoms with van der Waals surface area (Å²) in [5.41, 5.74) is 0. The van der Waals surface area contributed by atoms with Crippen molar-refractivity contribution in [3.05, 3.63) is 29.0 Å². The highest BCUT2D eigenvalue weighted by Gasteiger charge is 2.22. The van der Waals surface area contributed by atoms with Crippen LogP contribution in [0, 0.1) is 5.82 Å². The molecule has 0 fully saturated rings. The summed E-state index contributed by atoms with van der Waals surface area (Å²) in [6.45, 7) is 1.83. The van der Waals surface area contributed by atoms with Gasteiger partial charge in [-0.3, -0.25) is 4.21 Å². The Labute approximate surface area is 119 Å². The fourth-order valence-corrected chi connectivity index (χ4v) is 3.47. The van der Waals surface area contributed by atoms with Gasteiger partial charge in [-0.25, -0.2) is 17.5 Å². The molecule has 4 nitrogen and oxygen atoms in total. The lowest BCUT2D eigenvalue weighted by molar-refractivity contribution is 0.555. The second kappa shape index (κ2) is 6.78. The molecule has 2 unspecified atom stereocenters. The van der Waals surface area contributed by atoms with Gasteiger partial charge in [-0.2, -0.15) is 0 Å². The molecule has 0 heterocycles. The van der Waals surface area contributed by atoms with Gasteiger partial charge in [0.2, 0.25) is 10.0 Å². The van der Waals surface area contributed by atoms with Crippen LogP contribution in [0.25, 0.3) is 0 Å². The van der Waals surface area contributed by atoms with Crippen LogP contribution in [0.3, 0.4) is 0 Å². The second-order valence-electron chi connectivity index (χ2n) is 4.05. The summed E-state index contributed by atoms with van der Waals surface area (Å²) in [5, 5.41) is -0.307. The highest BCUT2D eigenvalue weighted by atomic mass is 35.5. The highest BCUT2D eigenvalue weighted by Crippen LogP contribution is 2.23. The van der Waals surface area contributed by atoms with E-state index in [1.54, 1.807) is 13.2 Å². The molecular weight excluding hydrogens is 313 g/mol. The molecule has 0 saturated carbocycles. The molecule has 0 spiro atoms. The zero-order valence-corrected chi connectivity index (χ0v) is 12.9. The summed E-state index contributed by atoms with van der Waals surface area (Å²) in [4.78, 5) is -0.554. The molecule has 108 valence electrons. The first-order valence-electron chi connectivity index (χ1n) is 5.51. The monoisotopic (exact) mass is 327 g/mol. The van der Waals surface area contributed by atoms with Crippen molar-refractivity contribution in [2.75, 3.05) is 12.8 Å². The molecule has 1 rings (SSSR count). The smallest absolute Gasteiger partial charge is 0.244 e. The molecular formula is C11H15ClFNO3S2. The summed E-state index contributed by atoms with van der Waals surface area (Å²) in [7, 11) is -5.03. The molecule has 0 aromatic heterocycles. The van der Waals surface area contributed by atoms with Crippen LogP contribution in [-0.2, 0) is 20.8 Å². The summed E-state index contributed by atoms with van der Waals surface area (Å²) < 4.78 is 50.7. The van der Waals surface area contributed by atoms with Crippen LogP contribution in [-0.4, -0.2) is 30.7 Å². The summed E-state index contributed by atoms with van der Waals surface area (Å²) in [5.74, 6) is -0.896. The number of sulfonamides is 1. The molecule has 1 N–H and O–H groups in total. The van der Waals surface area contributed by atoms with Crippen LogP contribution >= 0.6 is 11.6 Å². The Morgan fingerprint density at radius 3 is 2.63 bits per heavy atom. The zero-order valence-electron chi connectivity index (χ0n) is 10.5. The summed E-state index contributed by atoms with van der Waals surface area (Å²) >= 11 is 5.70. The van der Waals surface area contributed by atoms with Crippen molar-refractivity contribution in [3.8, 4) is 0 Å². The molecule has 1 aromatic carbocycles. The molecule has 0 aliphatic carbocycles. The van der Waals surface area contributed by atoms with E-state index in [1.807, 2.05) is 0 Å². The quantitative estimate of drug-likeness (QED) is 0.868. The Balaban J connectivity index is 2.80. The first-order valence-corrected chi connectivity index (χ1v) is 9.00. The third-order valence-corrected chi connectivity index (χ3v) is 5.93. The van der Waals surface area contributed by atoms with Crippen molar-refractivity contribution in [3.63, 3.8) is 0 Å². The van der Waals surface area contributed by atoms with Gasteiger partial charge in [-0.15, -0.1) is 0 Å². The van der Waals surface area contributed by atoms with E-state index in [1.165, 1.54) is 12.1 Å². The van der Waals surface area contributed by atoms with Gasteiger partial charge in [0.25, 0.3) is 0 Å². The van der Waals surface area contributed by atoms with Gasteiger partial charge in [-0.05, 0) is 18.6 Å². The number of halogens is 2. The highest BCUT2D eigenvalue weighted by molar-refractivity contribution is 7.89. The predicted octanol–water partition coefficient (Wildman–Crippen LogP) is 1.91. The van der Waals surface area contributed by atoms with Gasteiger partial charge >= 0.3 is 0 Å². The molecule has 0 radical (unpaired) electrons. The lowest BCUT2D eigenvalue weighted by Crippen LogP contribution is -2.28. The Hall–Kier alpha value is -0.500. The lowest BCUT2D eigenvalue weighted by Gasteiger charge is -2.11. The fraction of sp³-hybridized carbons (Fsp3) is 0.455. The third kappa shape index (κ3) is 4.52. The van der Waals surface area contributed by atoms with E-state index in [4.69, 9.17) is 11.6 Å². The Morgan fingerprint density at radius 2 is 2.11 bits per heavy atom. The predicted molar refractivity (Wildman–Crippen MR) is 74.7 cm³/mol. The number of rotatable bonds is 6. The number of benzene rings is 1. The molecule has 0 aliphatic rings. The summed E-state index contributed by atoms with van der Waals surface area (Å²) in [6, 6.07) is 3.67. The van der Waals surface area contributed by atoms with Gasteiger partial charge in [0.05, 0.1) is 5.02 Å². The average Bonchev–Trinajstić information content (AvgIpc) is 2.27. The number of hydrogen-bond acceptors (Lipinski definition) is 3. The molecule has 1 aromatic rings. The van der Waals surface area contributed by atoms with Gasteiger partial charge in [0.1, 0.15) is 10.7 Å².